The van der Waals surface area contributed by atoms with Crippen molar-refractivity contribution in [3.05, 3.63) is 88.7 Å². The van der Waals surface area contributed by atoms with Crippen molar-refractivity contribution >= 4 is 17.5 Å². The monoisotopic (exact) mass is 424 g/mol. The van der Waals surface area contributed by atoms with Crippen LogP contribution in [0, 0.1) is 0 Å². The van der Waals surface area contributed by atoms with Gasteiger partial charge in [0.2, 0.25) is 0 Å². The molecule has 0 aliphatic heterocycles. The van der Waals surface area contributed by atoms with Gasteiger partial charge in [-0.2, -0.15) is 0 Å². The third kappa shape index (κ3) is 5.51. The van der Waals surface area contributed by atoms with Gasteiger partial charge in [0.05, 0.1) is 6.61 Å². The number of aromatic nitrogens is 1. The van der Waals surface area contributed by atoms with Crippen LogP contribution < -0.4 is 9.47 Å². The van der Waals surface area contributed by atoms with Crippen LogP contribution in [0.15, 0.2) is 67.0 Å². The predicted octanol–water partition coefficient (Wildman–Crippen LogP) is 5.38. The van der Waals surface area contributed by atoms with Crippen LogP contribution in [0.3, 0.4) is 0 Å². The Morgan fingerprint density at radius 1 is 1.00 bits per heavy atom. The van der Waals surface area contributed by atoms with Gasteiger partial charge in [-0.3, -0.25) is 9.78 Å². The van der Waals surface area contributed by atoms with E-state index in [1.807, 2.05) is 50.2 Å². The Balaban J connectivity index is 1.77. The van der Waals surface area contributed by atoms with E-state index < -0.39 is 0 Å². The minimum absolute atomic E-state index is 0.0842. The third-order valence-corrected chi connectivity index (χ3v) is 4.99. The van der Waals surface area contributed by atoms with E-state index in [4.69, 9.17) is 21.1 Å². The van der Waals surface area contributed by atoms with Crippen LogP contribution >= 0.6 is 11.6 Å². The molecule has 30 heavy (non-hydrogen) atoms. The van der Waals surface area contributed by atoms with Crippen molar-refractivity contribution < 1.29 is 14.3 Å². The predicted molar refractivity (Wildman–Crippen MR) is 118 cm³/mol. The maximum absolute atomic E-state index is 13.1. The minimum atomic E-state index is -0.0842. The number of nitrogens with zero attached hydrogens (tertiary/aromatic N) is 2. The SMILES string of the molecule is CCOc1cc(C(=O)N(CC)Cc2ccccc2Cl)ccc1OCc1ccncc1. The zero-order chi connectivity index (χ0) is 21.3. The van der Waals surface area contributed by atoms with Gasteiger partial charge in [0.15, 0.2) is 11.5 Å². The number of halogens is 1. The molecule has 0 fully saturated rings. The number of carbonyl (C=O) groups is 1. The molecule has 1 amide bonds. The van der Waals surface area contributed by atoms with Crippen LogP contribution in [-0.4, -0.2) is 28.9 Å². The van der Waals surface area contributed by atoms with Crippen LogP contribution in [0.4, 0.5) is 0 Å². The molecule has 0 aliphatic carbocycles. The maximum Gasteiger partial charge on any atom is 0.254 e. The van der Waals surface area contributed by atoms with E-state index in [0.29, 0.717) is 48.4 Å². The molecular weight excluding hydrogens is 400 g/mol. The average Bonchev–Trinajstić information content (AvgIpc) is 2.78. The largest absolute Gasteiger partial charge is 0.490 e. The summed E-state index contributed by atoms with van der Waals surface area (Å²) in [6, 6.07) is 16.6. The molecule has 1 heterocycles. The Morgan fingerprint density at radius 3 is 2.47 bits per heavy atom. The van der Waals surface area contributed by atoms with E-state index in [-0.39, 0.29) is 5.91 Å². The highest BCUT2D eigenvalue weighted by molar-refractivity contribution is 6.31. The molecule has 2 aromatic carbocycles. The fourth-order valence-corrected chi connectivity index (χ4v) is 3.21. The van der Waals surface area contributed by atoms with Crippen molar-refractivity contribution in [2.24, 2.45) is 0 Å². The molecule has 0 bridgehead atoms. The van der Waals surface area contributed by atoms with Crippen molar-refractivity contribution in [1.29, 1.82) is 0 Å². The van der Waals surface area contributed by atoms with Gasteiger partial charge in [-0.15, -0.1) is 0 Å². The van der Waals surface area contributed by atoms with Crippen molar-refractivity contribution in [3.63, 3.8) is 0 Å². The lowest BCUT2D eigenvalue weighted by Gasteiger charge is -2.22. The zero-order valence-corrected chi connectivity index (χ0v) is 17.9. The molecule has 0 saturated heterocycles. The fraction of sp³-hybridized carbons (Fsp3) is 0.250. The molecule has 0 unspecified atom stereocenters. The minimum Gasteiger partial charge on any atom is -0.490 e. The highest BCUT2D eigenvalue weighted by Gasteiger charge is 2.18. The van der Waals surface area contributed by atoms with Crippen LogP contribution in [0.5, 0.6) is 11.5 Å². The molecule has 0 radical (unpaired) electrons. The van der Waals surface area contributed by atoms with E-state index >= 15 is 0 Å². The summed E-state index contributed by atoms with van der Waals surface area (Å²) in [5.41, 5.74) is 2.46. The number of carbonyl (C=O) groups excluding carboxylic acids is 1. The fourth-order valence-electron chi connectivity index (χ4n) is 3.01. The molecule has 3 rings (SSSR count). The molecule has 5 nitrogen and oxygen atoms in total. The normalized spacial score (nSPS) is 10.5. The summed E-state index contributed by atoms with van der Waals surface area (Å²) in [7, 11) is 0. The van der Waals surface area contributed by atoms with Gasteiger partial charge in [-0.25, -0.2) is 0 Å². The Bertz CT molecular complexity index is 979. The Labute approximate surface area is 182 Å². The quantitative estimate of drug-likeness (QED) is 0.463. The molecule has 156 valence electrons. The number of pyridine rings is 1. The molecule has 1 aromatic heterocycles. The van der Waals surface area contributed by atoms with Gasteiger partial charge in [0.1, 0.15) is 6.61 Å². The lowest BCUT2D eigenvalue weighted by atomic mass is 10.1. The maximum atomic E-state index is 13.1. The Hall–Kier alpha value is -3.05. The number of ether oxygens (including phenoxy) is 2. The van der Waals surface area contributed by atoms with Crippen LogP contribution in [0.25, 0.3) is 0 Å². The first kappa shape index (κ1) is 21.7. The van der Waals surface area contributed by atoms with Crippen molar-refractivity contribution in [2.75, 3.05) is 13.2 Å². The van der Waals surface area contributed by atoms with Gasteiger partial charge in [0.25, 0.3) is 5.91 Å². The number of hydrogen-bond donors (Lipinski definition) is 0. The topological polar surface area (TPSA) is 51.7 Å². The standard InChI is InChI=1S/C24H25ClN2O3/c1-3-27(16-20-7-5-6-8-21(20)25)24(28)19-9-10-22(23(15-19)29-4-2)30-17-18-11-13-26-14-12-18/h5-15H,3-4,16-17H2,1-2H3. The van der Waals surface area contributed by atoms with Gasteiger partial charge >= 0.3 is 0 Å². The summed E-state index contributed by atoms with van der Waals surface area (Å²) in [6.45, 7) is 5.72. The van der Waals surface area contributed by atoms with Crippen molar-refractivity contribution in [1.82, 2.24) is 9.88 Å². The summed E-state index contributed by atoms with van der Waals surface area (Å²) >= 11 is 6.27. The molecule has 0 N–H and O–H groups in total. The summed E-state index contributed by atoms with van der Waals surface area (Å²) in [6.07, 6.45) is 3.45. The second-order valence-electron chi connectivity index (χ2n) is 6.65. The molecule has 0 spiro atoms. The lowest BCUT2D eigenvalue weighted by Crippen LogP contribution is -2.30. The smallest absolute Gasteiger partial charge is 0.254 e. The highest BCUT2D eigenvalue weighted by atomic mass is 35.5. The van der Waals surface area contributed by atoms with Crippen molar-refractivity contribution in [2.45, 2.75) is 27.0 Å². The first-order valence-electron chi connectivity index (χ1n) is 9.93. The first-order valence-corrected chi connectivity index (χ1v) is 10.3. The van der Waals surface area contributed by atoms with Gasteiger partial charge in [0, 0.05) is 36.1 Å². The Morgan fingerprint density at radius 2 is 1.77 bits per heavy atom. The molecule has 6 heteroatoms. The summed E-state index contributed by atoms with van der Waals surface area (Å²) in [5.74, 6) is 1.06. The second kappa shape index (κ2) is 10.6. The first-order chi connectivity index (χ1) is 14.6. The Kier molecular flexibility index (Phi) is 7.69. The number of rotatable bonds is 9. The number of benzene rings is 2. The summed E-state index contributed by atoms with van der Waals surface area (Å²) < 4.78 is 11.7. The van der Waals surface area contributed by atoms with Crippen LogP contribution in [-0.2, 0) is 13.2 Å². The number of amides is 1. The third-order valence-electron chi connectivity index (χ3n) is 4.62. The van der Waals surface area contributed by atoms with E-state index in [0.717, 1.165) is 11.1 Å². The van der Waals surface area contributed by atoms with Crippen LogP contribution in [0.2, 0.25) is 5.02 Å². The molecule has 0 saturated carbocycles. The summed E-state index contributed by atoms with van der Waals surface area (Å²) in [4.78, 5) is 18.9. The number of hydrogen-bond acceptors (Lipinski definition) is 4. The molecule has 0 atom stereocenters. The van der Waals surface area contributed by atoms with E-state index in [1.165, 1.54) is 0 Å². The lowest BCUT2D eigenvalue weighted by molar-refractivity contribution is 0.0752. The molecule has 0 aliphatic rings. The molecule has 3 aromatic rings. The second-order valence-corrected chi connectivity index (χ2v) is 7.06. The van der Waals surface area contributed by atoms with E-state index in [2.05, 4.69) is 4.98 Å². The van der Waals surface area contributed by atoms with E-state index in [1.54, 1.807) is 35.5 Å². The highest BCUT2D eigenvalue weighted by Crippen LogP contribution is 2.30. The van der Waals surface area contributed by atoms with Gasteiger partial charge < -0.3 is 14.4 Å². The van der Waals surface area contributed by atoms with Crippen LogP contribution in [0.1, 0.15) is 35.3 Å². The average molecular weight is 425 g/mol. The van der Waals surface area contributed by atoms with Gasteiger partial charge in [-0.05, 0) is 61.4 Å². The van der Waals surface area contributed by atoms with Gasteiger partial charge in [-0.1, -0.05) is 29.8 Å². The van der Waals surface area contributed by atoms with E-state index in [9.17, 15) is 4.79 Å². The molecular formula is C24H25ClN2O3. The van der Waals surface area contributed by atoms with Crippen molar-refractivity contribution in [3.8, 4) is 11.5 Å². The zero-order valence-electron chi connectivity index (χ0n) is 17.2. The summed E-state index contributed by atoms with van der Waals surface area (Å²) in [5, 5.41) is 0.651.